The fourth-order valence-corrected chi connectivity index (χ4v) is 3.90. The van der Waals surface area contributed by atoms with Crippen LogP contribution >= 0.6 is 0 Å². The van der Waals surface area contributed by atoms with E-state index < -0.39 is 0 Å². The Morgan fingerprint density at radius 2 is 2.09 bits per heavy atom. The molecule has 23 heavy (non-hydrogen) atoms. The van der Waals surface area contributed by atoms with Crippen molar-refractivity contribution in [2.24, 2.45) is 0 Å². The van der Waals surface area contributed by atoms with Gasteiger partial charge in [-0.25, -0.2) is 0 Å². The van der Waals surface area contributed by atoms with Gasteiger partial charge in [0.15, 0.2) is 0 Å². The summed E-state index contributed by atoms with van der Waals surface area (Å²) in [5.41, 5.74) is 2.08. The van der Waals surface area contributed by atoms with Crippen molar-refractivity contribution in [2.75, 3.05) is 13.2 Å². The van der Waals surface area contributed by atoms with Crippen molar-refractivity contribution in [2.45, 2.75) is 44.2 Å². The Morgan fingerprint density at radius 3 is 2.96 bits per heavy atom. The van der Waals surface area contributed by atoms with E-state index in [1.807, 2.05) is 23.2 Å². The highest BCUT2D eigenvalue weighted by molar-refractivity contribution is 5.82. The second kappa shape index (κ2) is 5.93. The summed E-state index contributed by atoms with van der Waals surface area (Å²) in [6, 6.07) is 10.2. The first kappa shape index (κ1) is 14.6. The molecule has 120 valence electrons. The predicted molar refractivity (Wildman–Crippen MR) is 88.9 cm³/mol. The van der Waals surface area contributed by atoms with Gasteiger partial charge < -0.3 is 9.64 Å². The summed E-state index contributed by atoms with van der Waals surface area (Å²) >= 11 is 0. The molecular formula is C19H22N2O2. The van der Waals surface area contributed by atoms with Crippen LogP contribution in [0.5, 0.6) is 0 Å². The molecule has 2 saturated heterocycles. The number of likely N-dealkylation sites (tertiary alicyclic amines) is 1. The Labute approximate surface area is 136 Å². The molecule has 0 saturated carbocycles. The highest BCUT2D eigenvalue weighted by Crippen LogP contribution is 2.36. The molecule has 2 aliphatic rings. The molecule has 4 nitrogen and oxygen atoms in total. The lowest BCUT2D eigenvalue weighted by Crippen LogP contribution is -2.32. The van der Waals surface area contributed by atoms with Gasteiger partial charge in [0.05, 0.1) is 11.1 Å². The minimum absolute atomic E-state index is 0.0403. The van der Waals surface area contributed by atoms with Gasteiger partial charge in [-0.3, -0.25) is 9.78 Å². The molecular weight excluding hydrogens is 288 g/mol. The highest BCUT2D eigenvalue weighted by Gasteiger charge is 2.38. The van der Waals surface area contributed by atoms with Crippen molar-refractivity contribution in [3.8, 4) is 0 Å². The van der Waals surface area contributed by atoms with Crippen LogP contribution in [-0.4, -0.2) is 34.5 Å². The van der Waals surface area contributed by atoms with Crippen LogP contribution in [0.3, 0.4) is 0 Å². The average molecular weight is 310 g/mol. The first-order valence-corrected chi connectivity index (χ1v) is 8.50. The third-order valence-electron chi connectivity index (χ3n) is 5.25. The van der Waals surface area contributed by atoms with Crippen LogP contribution < -0.4 is 0 Å². The van der Waals surface area contributed by atoms with Gasteiger partial charge in [-0.05, 0) is 37.3 Å². The van der Waals surface area contributed by atoms with Gasteiger partial charge in [0.1, 0.15) is 0 Å². The Kier molecular flexibility index (Phi) is 3.77. The number of hydrogen-bond donors (Lipinski definition) is 0. The number of nitrogens with zero attached hydrogens (tertiary/aromatic N) is 2. The predicted octanol–water partition coefficient (Wildman–Crippen LogP) is 3.30. The van der Waals surface area contributed by atoms with Crippen LogP contribution in [-0.2, 0) is 16.1 Å². The summed E-state index contributed by atoms with van der Waals surface area (Å²) in [5, 5.41) is 1.13. The zero-order valence-electron chi connectivity index (χ0n) is 13.3. The number of carbonyl (C=O) groups excluding carboxylic acids is 1. The summed E-state index contributed by atoms with van der Waals surface area (Å²) in [6.07, 6.45) is 6.47. The Hall–Kier alpha value is -1.94. The van der Waals surface area contributed by atoms with Crippen LogP contribution in [0, 0.1) is 0 Å². The fraction of sp³-hybridized carbons (Fsp3) is 0.474. The van der Waals surface area contributed by atoms with Gasteiger partial charge in [-0.1, -0.05) is 24.3 Å². The first-order chi connectivity index (χ1) is 11.3. The monoisotopic (exact) mass is 310 g/mol. The third-order valence-corrected chi connectivity index (χ3v) is 5.25. The quantitative estimate of drug-likeness (QED) is 0.855. The van der Waals surface area contributed by atoms with Gasteiger partial charge in [0.25, 0.3) is 0 Å². The number of carbonyl (C=O) groups is 1. The van der Waals surface area contributed by atoms with Crippen molar-refractivity contribution in [3.63, 3.8) is 0 Å². The Bertz CT molecular complexity index is 717. The van der Waals surface area contributed by atoms with Gasteiger partial charge in [-0.15, -0.1) is 0 Å². The van der Waals surface area contributed by atoms with Crippen molar-refractivity contribution < 1.29 is 9.53 Å². The van der Waals surface area contributed by atoms with Crippen molar-refractivity contribution in [3.05, 3.63) is 42.1 Å². The molecule has 1 aromatic carbocycles. The number of aromatic nitrogens is 1. The maximum Gasteiger partial charge on any atom is 0.222 e. The summed E-state index contributed by atoms with van der Waals surface area (Å²) < 4.78 is 5.99. The molecule has 3 heterocycles. The largest absolute Gasteiger partial charge is 0.375 e. The number of benzene rings is 1. The minimum atomic E-state index is -0.0403. The van der Waals surface area contributed by atoms with E-state index in [1.165, 1.54) is 0 Å². The van der Waals surface area contributed by atoms with Crippen LogP contribution in [0.15, 0.2) is 36.5 Å². The number of para-hydroxylation sites is 1. The lowest BCUT2D eigenvalue weighted by molar-refractivity contribution is -0.131. The fourth-order valence-electron chi connectivity index (χ4n) is 3.90. The maximum atomic E-state index is 12.5. The second-order valence-corrected chi connectivity index (χ2v) is 6.69. The molecule has 1 aromatic heterocycles. The van der Waals surface area contributed by atoms with Crippen molar-refractivity contribution in [1.29, 1.82) is 0 Å². The minimum Gasteiger partial charge on any atom is -0.375 e. The topological polar surface area (TPSA) is 42.4 Å². The van der Waals surface area contributed by atoms with Crippen molar-refractivity contribution >= 4 is 16.8 Å². The van der Waals surface area contributed by atoms with E-state index in [4.69, 9.17) is 4.74 Å². The molecule has 2 aliphatic heterocycles. The summed E-state index contributed by atoms with van der Waals surface area (Å²) in [7, 11) is 0. The normalized spacial score (nSPS) is 25.2. The number of hydrogen-bond acceptors (Lipinski definition) is 3. The Morgan fingerprint density at radius 1 is 1.17 bits per heavy atom. The summed E-state index contributed by atoms with van der Waals surface area (Å²) in [4.78, 5) is 19.0. The third kappa shape index (κ3) is 2.83. The summed E-state index contributed by atoms with van der Waals surface area (Å²) in [6.45, 7) is 2.27. The molecule has 0 radical (unpaired) electrons. The molecule has 1 spiro atoms. The molecule has 0 aliphatic carbocycles. The molecule has 1 unspecified atom stereocenters. The van der Waals surface area contributed by atoms with E-state index in [0.717, 1.165) is 55.3 Å². The van der Waals surface area contributed by atoms with E-state index in [2.05, 4.69) is 23.2 Å². The average Bonchev–Trinajstić information content (AvgIpc) is 3.00. The SMILES string of the molecule is O=C1CCC2(CCCO2)CCN1Cc1cccc2cccnc12. The van der Waals surface area contributed by atoms with E-state index in [1.54, 1.807) is 0 Å². The van der Waals surface area contributed by atoms with Gasteiger partial charge >= 0.3 is 0 Å². The molecule has 1 amide bonds. The van der Waals surface area contributed by atoms with Gasteiger partial charge in [-0.2, -0.15) is 0 Å². The summed E-state index contributed by atoms with van der Waals surface area (Å²) in [5.74, 6) is 0.241. The number of pyridine rings is 1. The van der Waals surface area contributed by atoms with Crippen molar-refractivity contribution in [1.82, 2.24) is 9.88 Å². The zero-order valence-corrected chi connectivity index (χ0v) is 13.3. The molecule has 0 bridgehead atoms. The lowest BCUT2D eigenvalue weighted by atomic mass is 9.92. The molecule has 1 atom stereocenters. The maximum absolute atomic E-state index is 12.5. The smallest absolute Gasteiger partial charge is 0.222 e. The van der Waals surface area contributed by atoms with E-state index in [9.17, 15) is 4.79 Å². The van der Waals surface area contributed by atoms with Gasteiger partial charge in [0, 0.05) is 37.7 Å². The lowest BCUT2D eigenvalue weighted by Gasteiger charge is -2.26. The highest BCUT2D eigenvalue weighted by atomic mass is 16.5. The van der Waals surface area contributed by atoms with Gasteiger partial charge in [0.2, 0.25) is 5.91 Å². The van der Waals surface area contributed by atoms with E-state index in [0.29, 0.717) is 13.0 Å². The number of amides is 1. The van der Waals surface area contributed by atoms with Crippen LogP contribution in [0.25, 0.3) is 10.9 Å². The Balaban J connectivity index is 1.56. The van der Waals surface area contributed by atoms with Crippen LogP contribution in [0.2, 0.25) is 0 Å². The van der Waals surface area contributed by atoms with Crippen LogP contribution in [0.1, 0.15) is 37.7 Å². The standard InChI is InChI=1S/C19H22N2O2/c22-17-7-9-19(8-3-13-23-19)10-12-21(17)14-16-5-1-4-15-6-2-11-20-18(15)16/h1-2,4-6,11H,3,7-10,12-14H2. The van der Waals surface area contributed by atoms with Crippen LogP contribution in [0.4, 0.5) is 0 Å². The number of rotatable bonds is 2. The molecule has 4 heteroatoms. The molecule has 0 N–H and O–H groups in total. The number of fused-ring (bicyclic) bond motifs is 1. The second-order valence-electron chi connectivity index (χ2n) is 6.69. The first-order valence-electron chi connectivity index (χ1n) is 8.50. The zero-order chi connectivity index (χ0) is 15.7. The molecule has 2 fully saturated rings. The molecule has 4 rings (SSSR count). The molecule has 2 aromatic rings. The van der Waals surface area contributed by atoms with E-state index in [-0.39, 0.29) is 11.5 Å². The van der Waals surface area contributed by atoms with E-state index >= 15 is 0 Å². The number of ether oxygens (including phenoxy) is 1.